The number of carboxylic acids is 1. The van der Waals surface area contributed by atoms with Gasteiger partial charge < -0.3 is 10.4 Å². The Hall–Kier alpha value is -1.44. The monoisotopic (exact) mass is 312 g/mol. The second-order valence-corrected chi connectivity index (χ2v) is 6.96. The summed E-state index contributed by atoms with van der Waals surface area (Å²) in [7, 11) is -3.58. The van der Waals surface area contributed by atoms with Crippen molar-refractivity contribution in [3.8, 4) is 0 Å². The Morgan fingerprint density at radius 3 is 2.62 bits per heavy atom. The van der Waals surface area contributed by atoms with Gasteiger partial charge in [-0.25, -0.2) is 8.42 Å². The summed E-state index contributed by atoms with van der Waals surface area (Å²) < 4.78 is 26.9. The van der Waals surface area contributed by atoms with E-state index in [-0.39, 0.29) is 23.9 Å². The molecule has 2 rings (SSSR count). The summed E-state index contributed by atoms with van der Waals surface area (Å²) in [5.74, 6) is -0.906. The van der Waals surface area contributed by atoms with Crippen molar-refractivity contribution in [1.29, 1.82) is 0 Å². The third-order valence-electron chi connectivity index (χ3n) is 3.56. The molecule has 1 aromatic rings. The standard InChI is InChI=1S/C14H20N2O4S/c17-14(18)7-4-10-16(12-8-9-15-11-12)21(19,20)13-5-2-1-3-6-13/h1-3,5-6,12,15H,4,7-11H2,(H,17,18). The van der Waals surface area contributed by atoms with Crippen molar-refractivity contribution in [1.82, 2.24) is 9.62 Å². The zero-order valence-corrected chi connectivity index (χ0v) is 12.6. The van der Waals surface area contributed by atoms with Crippen molar-refractivity contribution < 1.29 is 18.3 Å². The minimum atomic E-state index is -3.58. The maximum Gasteiger partial charge on any atom is 0.303 e. The molecule has 0 saturated carbocycles. The zero-order chi connectivity index (χ0) is 15.3. The van der Waals surface area contributed by atoms with Gasteiger partial charge >= 0.3 is 5.97 Å². The second-order valence-electron chi connectivity index (χ2n) is 5.07. The van der Waals surface area contributed by atoms with Crippen LogP contribution in [0.5, 0.6) is 0 Å². The molecule has 7 heteroatoms. The Kier molecular flexibility index (Phi) is 5.33. The molecule has 6 nitrogen and oxygen atoms in total. The lowest BCUT2D eigenvalue weighted by atomic mass is 10.2. The van der Waals surface area contributed by atoms with Gasteiger partial charge in [0.1, 0.15) is 0 Å². The summed E-state index contributed by atoms with van der Waals surface area (Å²) in [6, 6.07) is 8.18. The molecular formula is C14H20N2O4S. The van der Waals surface area contributed by atoms with Gasteiger partial charge in [0.05, 0.1) is 4.90 Å². The fourth-order valence-corrected chi connectivity index (χ4v) is 4.21. The van der Waals surface area contributed by atoms with Crippen LogP contribution in [0.15, 0.2) is 35.2 Å². The van der Waals surface area contributed by atoms with Crippen molar-refractivity contribution in [3.05, 3.63) is 30.3 Å². The highest BCUT2D eigenvalue weighted by Gasteiger charge is 2.32. The largest absolute Gasteiger partial charge is 0.481 e. The summed E-state index contributed by atoms with van der Waals surface area (Å²) in [5.41, 5.74) is 0. The van der Waals surface area contributed by atoms with E-state index in [1.165, 1.54) is 4.31 Å². The van der Waals surface area contributed by atoms with E-state index in [2.05, 4.69) is 5.32 Å². The van der Waals surface area contributed by atoms with Crippen LogP contribution < -0.4 is 5.32 Å². The minimum Gasteiger partial charge on any atom is -0.481 e. The zero-order valence-electron chi connectivity index (χ0n) is 11.7. The first-order chi connectivity index (χ1) is 10.0. The van der Waals surface area contributed by atoms with Crippen LogP contribution in [0.4, 0.5) is 0 Å². The van der Waals surface area contributed by atoms with Crippen LogP contribution in [0.1, 0.15) is 19.3 Å². The number of rotatable bonds is 7. The van der Waals surface area contributed by atoms with Crippen molar-refractivity contribution in [2.45, 2.75) is 30.2 Å². The number of benzene rings is 1. The smallest absolute Gasteiger partial charge is 0.303 e. The lowest BCUT2D eigenvalue weighted by Gasteiger charge is -2.27. The van der Waals surface area contributed by atoms with Crippen LogP contribution in [0.3, 0.4) is 0 Å². The Labute approximate surface area is 124 Å². The molecule has 0 aromatic heterocycles. The highest BCUT2D eigenvalue weighted by atomic mass is 32.2. The predicted molar refractivity (Wildman–Crippen MR) is 78.5 cm³/mol. The number of nitrogens with one attached hydrogen (secondary N) is 1. The van der Waals surface area contributed by atoms with Gasteiger partial charge in [0.25, 0.3) is 0 Å². The molecule has 21 heavy (non-hydrogen) atoms. The number of hydrogen-bond donors (Lipinski definition) is 2. The predicted octanol–water partition coefficient (Wildman–Crippen LogP) is 0.904. The van der Waals surface area contributed by atoms with Crippen LogP contribution in [0, 0.1) is 0 Å². The van der Waals surface area contributed by atoms with Gasteiger partial charge in [-0.1, -0.05) is 18.2 Å². The van der Waals surface area contributed by atoms with E-state index < -0.39 is 16.0 Å². The molecule has 2 N–H and O–H groups in total. The molecule has 1 saturated heterocycles. The maximum atomic E-state index is 12.7. The minimum absolute atomic E-state index is 0.0268. The van der Waals surface area contributed by atoms with E-state index in [1.54, 1.807) is 30.3 Å². The molecule has 1 aliphatic heterocycles. The number of carbonyl (C=O) groups is 1. The van der Waals surface area contributed by atoms with Crippen molar-refractivity contribution in [3.63, 3.8) is 0 Å². The summed E-state index contributed by atoms with van der Waals surface area (Å²) >= 11 is 0. The fraction of sp³-hybridized carbons (Fsp3) is 0.500. The first kappa shape index (κ1) is 15.9. The van der Waals surface area contributed by atoms with Crippen LogP contribution in [-0.2, 0) is 14.8 Å². The second kappa shape index (κ2) is 7.02. The lowest BCUT2D eigenvalue weighted by molar-refractivity contribution is -0.137. The van der Waals surface area contributed by atoms with Crippen molar-refractivity contribution >= 4 is 16.0 Å². The first-order valence-corrected chi connectivity index (χ1v) is 8.45. The Balaban J connectivity index is 2.19. The molecule has 1 aliphatic rings. The van der Waals surface area contributed by atoms with Crippen molar-refractivity contribution in [2.24, 2.45) is 0 Å². The Morgan fingerprint density at radius 1 is 1.33 bits per heavy atom. The topological polar surface area (TPSA) is 86.7 Å². The highest BCUT2D eigenvalue weighted by Crippen LogP contribution is 2.21. The molecule has 0 amide bonds. The molecule has 1 atom stereocenters. The molecule has 1 fully saturated rings. The van der Waals surface area contributed by atoms with Crippen LogP contribution in [0.2, 0.25) is 0 Å². The summed E-state index contributed by atoms with van der Waals surface area (Å²) in [6.07, 6.45) is 1.04. The molecule has 0 spiro atoms. The Morgan fingerprint density at radius 2 is 2.05 bits per heavy atom. The summed E-state index contributed by atoms with van der Waals surface area (Å²) in [4.78, 5) is 10.9. The van der Waals surface area contributed by atoms with Gasteiger partial charge in [-0.2, -0.15) is 4.31 Å². The van der Waals surface area contributed by atoms with Crippen LogP contribution >= 0.6 is 0 Å². The number of aliphatic carboxylic acids is 1. The van der Waals surface area contributed by atoms with Gasteiger partial charge in [-0.3, -0.25) is 4.79 Å². The van der Waals surface area contributed by atoms with Crippen LogP contribution in [0.25, 0.3) is 0 Å². The van der Waals surface area contributed by atoms with Gasteiger partial charge in [0, 0.05) is 25.6 Å². The van der Waals surface area contributed by atoms with Gasteiger partial charge in [0.15, 0.2) is 0 Å². The van der Waals surface area contributed by atoms with E-state index in [0.29, 0.717) is 13.0 Å². The SMILES string of the molecule is O=C(O)CCCN(C1CCNC1)S(=O)(=O)c1ccccc1. The van der Waals surface area contributed by atoms with Gasteiger partial charge in [0.2, 0.25) is 10.0 Å². The molecule has 0 aliphatic carbocycles. The summed E-state index contributed by atoms with van der Waals surface area (Å²) in [5, 5.41) is 11.9. The molecule has 0 bridgehead atoms. The van der Waals surface area contributed by atoms with E-state index >= 15 is 0 Å². The van der Waals surface area contributed by atoms with Gasteiger partial charge in [-0.15, -0.1) is 0 Å². The molecular weight excluding hydrogens is 292 g/mol. The molecule has 1 aromatic carbocycles. The molecule has 0 radical (unpaired) electrons. The average Bonchev–Trinajstić information content (AvgIpc) is 2.98. The van der Waals surface area contributed by atoms with E-state index in [4.69, 9.17) is 5.11 Å². The van der Waals surface area contributed by atoms with Gasteiger partial charge in [-0.05, 0) is 31.5 Å². The fourth-order valence-electron chi connectivity index (χ4n) is 2.50. The third kappa shape index (κ3) is 4.03. The van der Waals surface area contributed by atoms with E-state index in [0.717, 1.165) is 13.0 Å². The molecule has 1 heterocycles. The normalized spacial score (nSPS) is 19.0. The number of nitrogens with zero attached hydrogens (tertiary/aromatic N) is 1. The Bertz CT molecular complexity index is 568. The third-order valence-corrected chi connectivity index (χ3v) is 5.53. The van der Waals surface area contributed by atoms with Crippen molar-refractivity contribution in [2.75, 3.05) is 19.6 Å². The van der Waals surface area contributed by atoms with Crippen LogP contribution in [-0.4, -0.2) is 49.5 Å². The van der Waals surface area contributed by atoms with E-state index in [1.807, 2.05) is 0 Å². The summed E-state index contributed by atoms with van der Waals surface area (Å²) in [6.45, 7) is 1.62. The molecule has 116 valence electrons. The number of carboxylic acid groups (broad SMARTS) is 1. The van der Waals surface area contributed by atoms with E-state index in [9.17, 15) is 13.2 Å². The maximum absolute atomic E-state index is 12.7. The number of sulfonamides is 1. The highest BCUT2D eigenvalue weighted by molar-refractivity contribution is 7.89. The first-order valence-electron chi connectivity index (χ1n) is 7.01. The number of hydrogen-bond acceptors (Lipinski definition) is 4. The quantitative estimate of drug-likeness (QED) is 0.781. The molecule has 1 unspecified atom stereocenters. The average molecular weight is 312 g/mol. The lowest BCUT2D eigenvalue weighted by Crippen LogP contribution is -2.42.